The Hall–Kier alpha value is -1.75. The zero-order valence-electron chi connectivity index (χ0n) is 8.94. The van der Waals surface area contributed by atoms with E-state index >= 15 is 0 Å². The molecule has 4 nitrogen and oxygen atoms in total. The van der Waals surface area contributed by atoms with Crippen LogP contribution in [0.4, 0.5) is 5.69 Å². The van der Waals surface area contributed by atoms with Crippen molar-refractivity contribution in [2.24, 2.45) is 0 Å². The molecule has 1 aromatic carbocycles. The Bertz CT molecular complexity index is 523. The molecule has 0 unspecified atom stereocenters. The number of hydrogen-bond acceptors (Lipinski definition) is 3. The Kier molecular flexibility index (Phi) is 3.49. The van der Waals surface area contributed by atoms with Gasteiger partial charge in [0.2, 0.25) is 0 Å². The molecule has 1 amide bonds. The third-order valence-electron chi connectivity index (χ3n) is 2.30. The molecule has 0 fully saturated rings. The first-order chi connectivity index (χ1) is 8.16. The molecular formula is C12H11BrN2O2. The third kappa shape index (κ3) is 2.88. The van der Waals surface area contributed by atoms with Gasteiger partial charge in [0.05, 0.1) is 12.5 Å². The first-order valence-electron chi connectivity index (χ1n) is 5.01. The van der Waals surface area contributed by atoms with Crippen molar-refractivity contribution in [1.29, 1.82) is 0 Å². The second-order valence-electron chi connectivity index (χ2n) is 3.55. The summed E-state index contributed by atoms with van der Waals surface area (Å²) in [5.41, 5.74) is 7.75. The number of nitrogens with one attached hydrogen (secondary N) is 1. The number of nitrogens with two attached hydrogens (primary N) is 1. The lowest BCUT2D eigenvalue weighted by atomic mass is 10.2. The molecule has 3 N–H and O–H groups in total. The standard InChI is InChI=1S/C12H11BrN2O2/c13-10-5-9(1-2-11(10)14)12(16)15-6-8-3-4-17-7-8/h1-5,7H,6,14H2,(H,15,16). The van der Waals surface area contributed by atoms with Gasteiger partial charge in [-0.25, -0.2) is 0 Å². The number of halogens is 1. The van der Waals surface area contributed by atoms with Gasteiger partial charge in [0.15, 0.2) is 0 Å². The van der Waals surface area contributed by atoms with E-state index in [-0.39, 0.29) is 5.91 Å². The van der Waals surface area contributed by atoms with Crippen molar-refractivity contribution < 1.29 is 9.21 Å². The van der Waals surface area contributed by atoms with Crippen LogP contribution in [0.25, 0.3) is 0 Å². The fraction of sp³-hybridized carbons (Fsp3) is 0.0833. The number of carbonyl (C=O) groups is 1. The number of anilines is 1. The lowest BCUT2D eigenvalue weighted by molar-refractivity contribution is 0.0951. The van der Waals surface area contributed by atoms with Gasteiger partial charge in [-0.3, -0.25) is 4.79 Å². The number of hydrogen-bond donors (Lipinski definition) is 2. The van der Waals surface area contributed by atoms with Gasteiger partial charge >= 0.3 is 0 Å². The van der Waals surface area contributed by atoms with Gasteiger partial charge in [-0.2, -0.15) is 0 Å². The maximum Gasteiger partial charge on any atom is 0.251 e. The van der Waals surface area contributed by atoms with Crippen molar-refractivity contribution >= 4 is 27.5 Å². The maximum absolute atomic E-state index is 11.8. The van der Waals surface area contributed by atoms with Crippen molar-refractivity contribution in [2.45, 2.75) is 6.54 Å². The Labute approximate surface area is 107 Å². The van der Waals surface area contributed by atoms with Gasteiger partial charge in [-0.1, -0.05) is 0 Å². The predicted octanol–water partition coefficient (Wildman–Crippen LogP) is 2.55. The van der Waals surface area contributed by atoms with Gasteiger partial charge in [-0.15, -0.1) is 0 Å². The topological polar surface area (TPSA) is 68.3 Å². The van der Waals surface area contributed by atoms with E-state index in [9.17, 15) is 4.79 Å². The number of rotatable bonds is 3. The number of benzene rings is 1. The molecule has 0 aliphatic heterocycles. The lowest BCUT2D eigenvalue weighted by Gasteiger charge is -2.05. The quantitative estimate of drug-likeness (QED) is 0.855. The second-order valence-corrected chi connectivity index (χ2v) is 4.40. The molecule has 0 aliphatic carbocycles. The van der Waals surface area contributed by atoms with E-state index in [4.69, 9.17) is 10.2 Å². The molecule has 1 aromatic heterocycles. The van der Waals surface area contributed by atoms with Gasteiger partial charge in [0.1, 0.15) is 0 Å². The van der Waals surface area contributed by atoms with E-state index in [2.05, 4.69) is 21.2 Å². The van der Waals surface area contributed by atoms with Crippen LogP contribution in [0, 0.1) is 0 Å². The Balaban J connectivity index is 2.02. The van der Waals surface area contributed by atoms with Crippen molar-refractivity contribution in [3.8, 4) is 0 Å². The number of amides is 1. The number of nitrogen functional groups attached to an aromatic ring is 1. The van der Waals surface area contributed by atoms with Crippen LogP contribution in [-0.2, 0) is 6.54 Å². The molecule has 0 saturated carbocycles. The fourth-order valence-electron chi connectivity index (χ4n) is 1.35. The molecule has 0 saturated heterocycles. The normalized spacial score (nSPS) is 10.2. The van der Waals surface area contributed by atoms with E-state index in [1.807, 2.05) is 0 Å². The van der Waals surface area contributed by atoms with E-state index in [1.165, 1.54) is 0 Å². The maximum atomic E-state index is 11.8. The highest BCUT2D eigenvalue weighted by Crippen LogP contribution is 2.20. The average molecular weight is 295 g/mol. The van der Waals surface area contributed by atoms with Crippen molar-refractivity contribution in [1.82, 2.24) is 5.32 Å². The average Bonchev–Trinajstić information content (AvgIpc) is 2.82. The largest absolute Gasteiger partial charge is 0.472 e. The summed E-state index contributed by atoms with van der Waals surface area (Å²) in [5.74, 6) is -0.146. The highest BCUT2D eigenvalue weighted by molar-refractivity contribution is 9.10. The molecule has 0 aliphatic rings. The van der Waals surface area contributed by atoms with Crippen molar-refractivity contribution in [3.05, 3.63) is 52.4 Å². The lowest BCUT2D eigenvalue weighted by Crippen LogP contribution is -2.22. The van der Waals surface area contributed by atoms with Crippen molar-refractivity contribution in [2.75, 3.05) is 5.73 Å². The minimum Gasteiger partial charge on any atom is -0.472 e. The Morgan fingerprint density at radius 1 is 1.41 bits per heavy atom. The van der Waals surface area contributed by atoms with Gasteiger partial charge < -0.3 is 15.5 Å². The third-order valence-corrected chi connectivity index (χ3v) is 2.98. The minimum atomic E-state index is -0.146. The van der Waals surface area contributed by atoms with Gasteiger partial charge in [0, 0.05) is 27.8 Å². The summed E-state index contributed by atoms with van der Waals surface area (Å²) < 4.78 is 5.63. The van der Waals surface area contributed by atoms with Crippen LogP contribution in [0.2, 0.25) is 0 Å². The molecule has 2 aromatic rings. The molecule has 0 spiro atoms. The summed E-state index contributed by atoms with van der Waals surface area (Å²) in [6, 6.07) is 6.88. The molecular weight excluding hydrogens is 284 g/mol. The van der Waals surface area contributed by atoms with Crippen LogP contribution in [0.1, 0.15) is 15.9 Å². The zero-order chi connectivity index (χ0) is 12.3. The highest BCUT2D eigenvalue weighted by atomic mass is 79.9. The molecule has 88 valence electrons. The monoisotopic (exact) mass is 294 g/mol. The molecule has 0 radical (unpaired) electrons. The number of carbonyl (C=O) groups excluding carboxylic acids is 1. The summed E-state index contributed by atoms with van der Waals surface area (Å²) in [6.07, 6.45) is 3.17. The molecule has 1 heterocycles. The van der Waals surface area contributed by atoms with E-state index in [1.54, 1.807) is 36.8 Å². The SMILES string of the molecule is Nc1ccc(C(=O)NCc2ccoc2)cc1Br. The predicted molar refractivity (Wildman–Crippen MR) is 68.4 cm³/mol. The summed E-state index contributed by atoms with van der Waals surface area (Å²) >= 11 is 3.28. The summed E-state index contributed by atoms with van der Waals surface area (Å²) in [5, 5.41) is 2.79. The van der Waals surface area contributed by atoms with Crippen molar-refractivity contribution in [3.63, 3.8) is 0 Å². The Morgan fingerprint density at radius 3 is 2.88 bits per heavy atom. The summed E-state index contributed by atoms with van der Waals surface area (Å²) in [4.78, 5) is 11.8. The van der Waals surface area contributed by atoms with Gasteiger partial charge in [-0.05, 0) is 40.2 Å². The van der Waals surface area contributed by atoms with Crippen LogP contribution in [0.15, 0.2) is 45.7 Å². The van der Waals surface area contributed by atoms with Crippen LogP contribution in [0.3, 0.4) is 0 Å². The van der Waals surface area contributed by atoms with Crippen LogP contribution in [0.5, 0.6) is 0 Å². The Morgan fingerprint density at radius 2 is 2.24 bits per heavy atom. The van der Waals surface area contributed by atoms with Crippen LogP contribution in [-0.4, -0.2) is 5.91 Å². The number of furan rings is 1. The first kappa shape index (κ1) is 11.7. The minimum absolute atomic E-state index is 0.146. The fourth-order valence-corrected chi connectivity index (χ4v) is 1.72. The van der Waals surface area contributed by atoms with E-state index in [0.717, 1.165) is 5.56 Å². The highest BCUT2D eigenvalue weighted by Gasteiger charge is 2.07. The smallest absolute Gasteiger partial charge is 0.251 e. The van der Waals surface area contributed by atoms with Crippen LogP contribution < -0.4 is 11.1 Å². The second kappa shape index (κ2) is 5.05. The molecule has 17 heavy (non-hydrogen) atoms. The van der Waals surface area contributed by atoms with E-state index in [0.29, 0.717) is 22.3 Å². The summed E-state index contributed by atoms with van der Waals surface area (Å²) in [7, 11) is 0. The molecule has 0 atom stereocenters. The molecule has 5 heteroatoms. The first-order valence-corrected chi connectivity index (χ1v) is 5.80. The van der Waals surface area contributed by atoms with Crippen LogP contribution >= 0.6 is 15.9 Å². The zero-order valence-corrected chi connectivity index (χ0v) is 10.5. The van der Waals surface area contributed by atoms with E-state index < -0.39 is 0 Å². The van der Waals surface area contributed by atoms with Gasteiger partial charge in [0.25, 0.3) is 5.91 Å². The summed E-state index contributed by atoms with van der Waals surface area (Å²) in [6.45, 7) is 0.442. The molecule has 0 bridgehead atoms. The molecule has 2 rings (SSSR count).